The minimum atomic E-state index is -0.179. The van der Waals surface area contributed by atoms with Crippen LogP contribution in [-0.2, 0) is 11.3 Å². The average Bonchev–Trinajstić information content (AvgIpc) is 2.36. The van der Waals surface area contributed by atoms with Crippen molar-refractivity contribution in [2.75, 3.05) is 6.54 Å². The van der Waals surface area contributed by atoms with Crippen LogP contribution in [-0.4, -0.2) is 23.2 Å². The van der Waals surface area contributed by atoms with Gasteiger partial charge in [0.25, 0.3) is 0 Å². The zero-order valence-corrected chi connectivity index (χ0v) is 13.9. The molecule has 1 unspecified atom stereocenters. The fourth-order valence-electron chi connectivity index (χ4n) is 1.68. The highest BCUT2D eigenvalue weighted by Gasteiger charge is 2.19. The van der Waals surface area contributed by atoms with Crippen molar-refractivity contribution in [1.82, 2.24) is 10.6 Å². The lowest BCUT2D eigenvalue weighted by atomic mass is 10.1. The second-order valence-electron chi connectivity index (χ2n) is 5.92. The number of hydrogen-bond acceptors (Lipinski definition) is 3. The Morgan fingerprint density at radius 1 is 1.25 bits per heavy atom. The summed E-state index contributed by atoms with van der Waals surface area (Å²) in [5, 5.41) is 6.22. The molecule has 1 rings (SSSR count). The number of thioether (sulfide) groups is 1. The molecule has 0 heterocycles. The molecule has 3 nitrogen and oxygen atoms in total. The third kappa shape index (κ3) is 6.44. The molecule has 1 aromatic carbocycles. The van der Waals surface area contributed by atoms with E-state index in [0.29, 0.717) is 0 Å². The van der Waals surface area contributed by atoms with Crippen LogP contribution in [0, 0.1) is 0 Å². The largest absolute Gasteiger partial charge is 0.351 e. The predicted octanol–water partition coefficient (Wildman–Crippen LogP) is 3.19. The zero-order valence-electron chi connectivity index (χ0n) is 13.1. The van der Waals surface area contributed by atoms with Crippen molar-refractivity contribution in [3.8, 4) is 0 Å². The van der Waals surface area contributed by atoms with Gasteiger partial charge in [-0.05, 0) is 51.9 Å². The predicted molar refractivity (Wildman–Crippen MR) is 87.0 cm³/mol. The molecule has 1 aromatic rings. The molecular weight excluding hydrogens is 268 g/mol. The molecule has 4 heteroatoms. The fraction of sp³-hybridized carbons (Fsp3) is 0.562. The summed E-state index contributed by atoms with van der Waals surface area (Å²) < 4.78 is 0. The first-order valence-electron chi connectivity index (χ1n) is 7.10. The van der Waals surface area contributed by atoms with Gasteiger partial charge in [-0.2, -0.15) is 0 Å². The maximum Gasteiger partial charge on any atom is 0.233 e. The molecule has 0 aromatic heterocycles. The molecule has 112 valence electrons. The SMILES string of the molecule is CCNCc1ccc(SC(C)C(=O)NC(C)(C)C)cc1. The number of nitrogens with one attached hydrogen (secondary N) is 2. The van der Waals surface area contributed by atoms with Gasteiger partial charge in [-0.1, -0.05) is 19.1 Å². The Hall–Kier alpha value is -1.00. The van der Waals surface area contributed by atoms with Crippen LogP contribution in [0.3, 0.4) is 0 Å². The van der Waals surface area contributed by atoms with Crippen molar-refractivity contribution >= 4 is 17.7 Å². The Morgan fingerprint density at radius 3 is 2.35 bits per heavy atom. The summed E-state index contributed by atoms with van der Waals surface area (Å²) in [4.78, 5) is 13.2. The Bertz CT molecular complexity index is 423. The van der Waals surface area contributed by atoms with Crippen molar-refractivity contribution in [2.45, 2.75) is 56.8 Å². The van der Waals surface area contributed by atoms with Gasteiger partial charge in [0, 0.05) is 17.0 Å². The standard InChI is InChI=1S/C16H26N2OS/c1-6-17-11-13-7-9-14(10-8-13)20-12(2)15(19)18-16(3,4)5/h7-10,12,17H,6,11H2,1-5H3,(H,18,19). The first kappa shape index (κ1) is 17.1. The molecule has 0 fully saturated rings. The molecular formula is C16H26N2OS. The summed E-state index contributed by atoms with van der Waals surface area (Å²) in [6.45, 7) is 11.9. The number of amides is 1. The molecule has 1 amide bonds. The monoisotopic (exact) mass is 294 g/mol. The first-order chi connectivity index (χ1) is 9.31. The summed E-state index contributed by atoms with van der Waals surface area (Å²) in [5.74, 6) is 0.0826. The van der Waals surface area contributed by atoms with Crippen LogP contribution in [0.4, 0.5) is 0 Å². The normalized spacial score (nSPS) is 13.1. The van der Waals surface area contributed by atoms with Crippen LogP contribution >= 0.6 is 11.8 Å². The van der Waals surface area contributed by atoms with Gasteiger partial charge in [-0.3, -0.25) is 4.79 Å². The van der Waals surface area contributed by atoms with Crippen LogP contribution in [0.15, 0.2) is 29.2 Å². The second kappa shape index (κ2) is 7.70. The van der Waals surface area contributed by atoms with Gasteiger partial charge in [-0.15, -0.1) is 11.8 Å². The van der Waals surface area contributed by atoms with Crippen LogP contribution in [0.5, 0.6) is 0 Å². The first-order valence-corrected chi connectivity index (χ1v) is 7.98. The van der Waals surface area contributed by atoms with Crippen LogP contribution < -0.4 is 10.6 Å². The van der Waals surface area contributed by atoms with Gasteiger partial charge >= 0.3 is 0 Å². The number of benzene rings is 1. The Kier molecular flexibility index (Phi) is 6.56. The van der Waals surface area contributed by atoms with Crippen molar-refractivity contribution in [2.24, 2.45) is 0 Å². The molecule has 0 bridgehead atoms. The molecule has 0 spiro atoms. The summed E-state index contributed by atoms with van der Waals surface area (Å²) >= 11 is 1.59. The van der Waals surface area contributed by atoms with Crippen LogP contribution in [0.2, 0.25) is 0 Å². The number of carbonyl (C=O) groups is 1. The molecule has 0 aliphatic heterocycles. The summed E-state index contributed by atoms with van der Waals surface area (Å²) in [7, 11) is 0. The van der Waals surface area contributed by atoms with E-state index in [2.05, 4.69) is 41.8 Å². The maximum atomic E-state index is 12.0. The van der Waals surface area contributed by atoms with Crippen molar-refractivity contribution in [1.29, 1.82) is 0 Å². The van der Waals surface area contributed by atoms with Crippen LogP contribution in [0.25, 0.3) is 0 Å². The molecule has 2 N–H and O–H groups in total. The van der Waals surface area contributed by atoms with E-state index in [1.54, 1.807) is 11.8 Å². The lowest BCUT2D eigenvalue weighted by Gasteiger charge is -2.23. The van der Waals surface area contributed by atoms with Gasteiger partial charge < -0.3 is 10.6 Å². The lowest BCUT2D eigenvalue weighted by molar-refractivity contribution is -0.121. The van der Waals surface area contributed by atoms with E-state index in [1.165, 1.54) is 5.56 Å². The van der Waals surface area contributed by atoms with E-state index in [9.17, 15) is 4.79 Å². The molecule has 0 radical (unpaired) electrons. The number of carbonyl (C=O) groups excluding carboxylic acids is 1. The number of rotatable bonds is 6. The van der Waals surface area contributed by atoms with Crippen molar-refractivity contribution in [3.63, 3.8) is 0 Å². The van der Waals surface area contributed by atoms with E-state index in [0.717, 1.165) is 18.0 Å². The Balaban J connectivity index is 2.53. The highest BCUT2D eigenvalue weighted by Crippen LogP contribution is 2.24. The molecule has 20 heavy (non-hydrogen) atoms. The maximum absolute atomic E-state index is 12.0. The molecule has 0 aliphatic rings. The summed E-state index contributed by atoms with van der Waals surface area (Å²) in [5.41, 5.74) is 1.09. The smallest absolute Gasteiger partial charge is 0.233 e. The Labute approximate surface area is 126 Å². The van der Waals surface area contributed by atoms with Gasteiger partial charge in [0.1, 0.15) is 0 Å². The van der Waals surface area contributed by atoms with Gasteiger partial charge in [0.15, 0.2) is 0 Å². The molecule has 0 aliphatic carbocycles. The van der Waals surface area contributed by atoms with E-state index in [4.69, 9.17) is 0 Å². The van der Waals surface area contributed by atoms with Crippen LogP contribution in [0.1, 0.15) is 40.2 Å². The second-order valence-corrected chi connectivity index (χ2v) is 7.34. The average molecular weight is 294 g/mol. The minimum Gasteiger partial charge on any atom is -0.351 e. The highest BCUT2D eigenvalue weighted by atomic mass is 32.2. The third-order valence-electron chi connectivity index (χ3n) is 2.68. The highest BCUT2D eigenvalue weighted by molar-refractivity contribution is 8.00. The van der Waals surface area contributed by atoms with E-state index in [-0.39, 0.29) is 16.7 Å². The van der Waals surface area contributed by atoms with Gasteiger partial charge in [-0.25, -0.2) is 0 Å². The van der Waals surface area contributed by atoms with E-state index < -0.39 is 0 Å². The fourth-order valence-corrected chi connectivity index (χ4v) is 2.55. The summed E-state index contributed by atoms with van der Waals surface area (Å²) in [6.07, 6.45) is 0. The number of hydrogen-bond donors (Lipinski definition) is 2. The van der Waals surface area contributed by atoms with E-state index >= 15 is 0 Å². The van der Waals surface area contributed by atoms with Crippen molar-refractivity contribution < 1.29 is 4.79 Å². The van der Waals surface area contributed by atoms with Gasteiger partial charge in [0.2, 0.25) is 5.91 Å². The molecule has 1 atom stereocenters. The summed E-state index contributed by atoms with van der Waals surface area (Å²) in [6, 6.07) is 8.38. The minimum absolute atomic E-state index is 0.0826. The molecule has 0 saturated heterocycles. The Morgan fingerprint density at radius 2 is 1.85 bits per heavy atom. The quantitative estimate of drug-likeness (QED) is 0.792. The van der Waals surface area contributed by atoms with Gasteiger partial charge in [0.05, 0.1) is 5.25 Å². The van der Waals surface area contributed by atoms with Crippen molar-refractivity contribution in [3.05, 3.63) is 29.8 Å². The lowest BCUT2D eigenvalue weighted by Crippen LogP contribution is -2.44. The zero-order chi connectivity index (χ0) is 15.2. The topological polar surface area (TPSA) is 41.1 Å². The van der Waals surface area contributed by atoms with E-state index in [1.807, 2.05) is 27.7 Å². The third-order valence-corrected chi connectivity index (χ3v) is 3.79. The molecule has 0 saturated carbocycles.